The molecule has 0 spiro atoms. The van der Waals surface area contributed by atoms with E-state index in [2.05, 4.69) is 0 Å². The Morgan fingerprint density at radius 2 is 1.56 bits per heavy atom. The van der Waals surface area contributed by atoms with Crippen LogP contribution in [0, 0.1) is 0 Å². The summed E-state index contributed by atoms with van der Waals surface area (Å²) in [6.45, 7) is 0. The van der Waals surface area contributed by atoms with Crippen LogP contribution < -0.4 is 14.4 Å². The van der Waals surface area contributed by atoms with Gasteiger partial charge in [-0.05, 0) is 42.0 Å². The number of ether oxygens (including phenoxy) is 2. The summed E-state index contributed by atoms with van der Waals surface area (Å²) in [6, 6.07) is 18.7. The predicted octanol–water partition coefficient (Wildman–Crippen LogP) is 4.04. The van der Waals surface area contributed by atoms with Gasteiger partial charge in [0.1, 0.15) is 23.0 Å². The van der Waals surface area contributed by atoms with E-state index in [1.165, 1.54) is 25.2 Å². The fraction of sp³-hybridized carbons (Fsp3) is 0.120. The number of aliphatic hydroxyl groups excluding tert-OH is 1. The first-order valence-corrected chi connectivity index (χ1v) is 9.83. The highest BCUT2D eigenvalue weighted by molar-refractivity contribution is 6.51. The van der Waals surface area contributed by atoms with Gasteiger partial charge in [-0.15, -0.1) is 0 Å². The SMILES string of the molecule is COc1ccc(C2/C(=C(\O)c3cccc(OC)c3)C(=O)C(=O)N2c2ccccc2O)cc1. The van der Waals surface area contributed by atoms with Crippen molar-refractivity contribution < 1.29 is 29.3 Å². The first-order chi connectivity index (χ1) is 15.5. The van der Waals surface area contributed by atoms with E-state index in [1.54, 1.807) is 66.7 Å². The van der Waals surface area contributed by atoms with Gasteiger partial charge in [-0.3, -0.25) is 14.5 Å². The quantitative estimate of drug-likeness (QED) is 0.360. The fourth-order valence-corrected chi connectivity index (χ4v) is 3.78. The number of benzene rings is 3. The maximum absolute atomic E-state index is 13.1. The Morgan fingerprint density at radius 3 is 2.22 bits per heavy atom. The summed E-state index contributed by atoms with van der Waals surface area (Å²) in [7, 11) is 3.03. The zero-order valence-corrected chi connectivity index (χ0v) is 17.5. The molecule has 1 aliphatic heterocycles. The van der Waals surface area contributed by atoms with E-state index < -0.39 is 17.7 Å². The number of amides is 1. The molecular formula is C25H21NO6. The number of carbonyl (C=O) groups excluding carboxylic acids is 2. The second-order valence-electron chi connectivity index (χ2n) is 7.16. The Labute approximate surface area is 184 Å². The van der Waals surface area contributed by atoms with Crippen molar-refractivity contribution >= 4 is 23.1 Å². The van der Waals surface area contributed by atoms with E-state index in [4.69, 9.17) is 9.47 Å². The molecule has 0 bridgehead atoms. The van der Waals surface area contributed by atoms with E-state index in [1.807, 2.05) is 0 Å². The number of Topliss-reactive ketones (excluding diaryl/α,β-unsaturated/α-hetero) is 1. The minimum Gasteiger partial charge on any atom is -0.507 e. The molecule has 7 heteroatoms. The number of rotatable bonds is 5. The Morgan fingerprint density at radius 1 is 0.875 bits per heavy atom. The normalized spacial score (nSPS) is 17.4. The topological polar surface area (TPSA) is 96.3 Å². The van der Waals surface area contributed by atoms with Crippen molar-refractivity contribution in [3.8, 4) is 17.2 Å². The smallest absolute Gasteiger partial charge is 0.300 e. The first kappa shape index (κ1) is 21.0. The van der Waals surface area contributed by atoms with Gasteiger partial charge in [0.05, 0.1) is 31.5 Å². The van der Waals surface area contributed by atoms with Crippen molar-refractivity contribution in [3.05, 3.63) is 89.5 Å². The highest BCUT2D eigenvalue weighted by Gasteiger charge is 2.47. The number of aliphatic hydroxyl groups is 1. The molecule has 1 heterocycles. The Bertz CT molecular complexity index is 1220. The molecule has 162 valence electrons. The van der Waals surface area contributed by atoms with Gasteiger partial charge in [-0.2, -0.15) is 0 Å². The van der Waals surface area contributed by atoms with Crippen molar-refractivity contribution in [1.29, 1.82) is 0 Å². The number of ketones is 1. The summed E-state index contributed by atoms with van der Waals surface area (Å²) in [4.78, 5) is 27.4. The summed E-state index contributed by atoms with van der Waals surface area (Å²) in [5.74, 6) is -1.10. The molecule has 1 saturated heterocycles. The molecule has 3 aromatic rings. The van der Waals surface area contributed by atoms with E-state index in [9.17, 15) is 19.8 Å². The molecule has 0 aromatic heterocycles. The molecule has 1 amide bonds. The number of para-hydroxylation sites is 2. The van der Waals surface area contributed by atoms with E-state index in [0.29, 0.717) is 22.6 Å². The van der Waals surface area contributed by atoms with E-state index in [0.717, 1.165) is 0 Å². The molecule has 1 fully saturated rings. The van der Waals surface area contributed by atoms with Crippen LogP contribution in [-0.4, -0.2) is 36.1 Å². The van der Waals surface area contributed by atoms with E-state index in [-0.39, 0.29) is 22.8 Å². The summed E-state index contributed by atoms with van der Waals surface area (Å²) < 4.78 is 10.4. The Hall–Kier alpha value is -4.26. The van der Waals surface area contributed by atoms with Crippen LogP contribution >= 0.6 is 0 Å². The third-order valence-corrected chi connectivity index (χ3v) is 5.36. The molecule has 2 N–H and O–H groups in total. The van der Waals surface area contributed by atoms with Gasteiger partial charge in [0.2, 0.25) is 0 Å². The van der Waals surface area contributed by atoms with Gasteiger partial charge in [-0.25, -0.2) is 0 Å². The van der Waals surface area contributed by atoms with Gasteiger partial charge in [0, 0.05) is 5.56 Å². The fourth-order valence-electron chi connectivity index (χ4n) is 3.78. The number of phenolic OH excluding ortho intramolecular Hbond substituents is 1. The minimum atomic E-state index is -0.958. The van der Waals surface area contributed by atoms with Crippen molar-refractivity contribution in [2.24, 2.45) is 0 Å². The van der Waals surface area contributed by atoms with Gasteiger partial charge in [-0.1, -0.05) is 36.4 Å². The average molecular weight is 431 g/mol. The highest BCUT2D eigenvalue weighted by atomic mass is 16.5. The number of carbonyl (C=O) groups is 2. The maximum atomic E-state index is 13.1. The van der Waals surface area contributed by atoms with Gasteiger partial charge < -0.3 is 19.7 Å². The van der Waals surface area contributed by atoms with Crippen molar-refractivity contribution in [1.82, 2.24) is 0 Å². The minimum absolute atomic E-state index is 0.0864. The number of nitrogens with zero attached hydrogens (tertiary/aromatic N) is 1. The van der Waals surface area contributed by atoms with Crippen molar-refractivity contribution in [2.75, 3.05) is 19.1 Å². The first-order valence-electron chi connectivity index (χ1n) is 9.83. The largest absolute Gasteiger partial charge is 0.507 e. The summed E-state index contributed by atoms with van der Waals surface area (Å²) in [5, 5.41) is 21.5. The van der Waals surface area contributed by atoms with Crippen molar-refractivity contribution in [3.63, 3.8) is 0 Å². The van der Waals surface area contributed by atoms with Crippen LogP contribution in [0.2, 0.25) is 0 Å². The summed E-state index contributed by atoms with van der Waals surface area (Å²) >= 11 is 0. The van der Waals surface area contributed by atoms with Crippen LogP contribution in [-0.2, 0) is 9.59 Å². The van der Waals surface area contributed by atoms with Crippen molar-refractivity contribution in [2.45, 2.75) is 6.04 Å². The molecule has 1 atom stereocenters. The molecule has 1 aliphatic rings. The highest BCUT2D eigenvalue weighted by Crippen LogP contribution is 2.44. The third kappa shape index (κ3) is 3.54. The number of aromatic hydroxyl groups is 1. The van der Waals surface area contributed by atoms with Crippen LogP contribution in [0.3, 0.4) is 0 Å². The molecule has 1 unspecified atom stereocenters. The summed E-state index contributed by atoms with van der Waals surface area (Å²) in [6.07, 6.45) is 0. The molecule has 7 nitrogen and oxygen atoms in total. The Balaban J connectivity index is 1.95. The van der Waals surface area contributed by atoms with Crippen LogP contribution in [0.1, 0.15) is 17.2 Å². The number of methoxy groups -OCH3 is 2. The molecule has 0 radical (unpaired) electrons. The molecule has 0 aliphatic carbocycles. The van der Waals surface area contributed by atoms with Gasteiger partial charge in [0.15, 0.2) is 0 Å². The Kier molecular flexibility index (Phi) is 5.55. The number of phenols is 1. The van der Waals surface area contributed by atoms with Crippen LogP contribution in [0.15, 0.2) is 78.4 Å². The lowest BCUT2D eigenvalue weighted by atomic mass is 9.95. The predicted molar refractivity (Wildman–Crippen MR) is 119 cm³/mol. The lowest BCUT2D eigenvalue weighted by Gasteiger charge is -2.26. The summed E-state index contributed by atoms with van der Waals surface area (Å²) in [5.41, 5.74) is 0.979. The molecular weight excluding hydrogens is 410 g/mol. The second-order valence-corrected chi connectivity index (χ2v) is 7.16. The lowest BCUT2D eigenvalue weighted by molar-refractivity contribution is -0.132. The zero-order chi connectivity index (χ0) is 22.8. The third-order valence-electron chi connectivity index (χ3n) is 5.36. The van der Waals surface area contributed by atoms with Crippen LogP contribution in [0.5, 0.6) is 17.2 Å². The number of anilines is 1. The second kappa shape index (κ2) is 8.47. The average Bonchev–Trinajstić information content (AvgIpc) is 3.09. The molecule has 4 rings (SSSR count). The van der Waals surface area contributed by atoms with E-state index >= 15 is 0 Å². The van der Waals surface area contributed by atoms with Gasteiger partial charge >= 0.3 is 0 Å². The zero-order valence-electron chi connectivity index (χ0n) is 17.5. The van der Waals surface area contributed by atoms with Crippen LogP contribution in [0.25, 0.3) is 5.76 Å². The number of hydrogen-bond acceptors (Lipinski definition) is 6. The maximum Gasteiger partial charge on any atom is 0.300 e. The van der Waals surface area contributed by atoms with Gasteiger partial charge in [0.25, 0.3) is 11.7 Å². The van der Waals surface area contributed by atoms with Crippen LogP contribution in [0.4, 0.5) is 5.69 Å². The standard InChI is InChI=1S/C25H21NO6/c1-31-17-12-10-15(11-13-17)22-21(23(28)16-6-5-7-18(14-16)32-2)24(29)25(30)26(22)19-8-3-4-9-20(19)27/h3-14,22,27-28H,1-2H3/b23-21+. The monoisotopic (exact) mass is 431 g/mol. The molecule has 32 heavy (non-hydrogen) atoms. The molecule has 3 aromatic carbocycles. The number of hydrogen-bond donors (Lipinski definition) is 2. The molecule has 0 saturated carbocycles. The lowest BCUT2D eigenvalue weighted by Crippen LogP contribution is -2.29.